The Hall–Kier alpha value is -2.28. The monoisotopic (exact) mass is 331 g/mol. The number of hydrogen-bond donors (Lipinski definition) is 2. The second-order valence-corrected chi connectivity index (χ2v) is 6.36. The average molecular weight is 331 g/mol. The molecule has 1 unspecified atom stereocenters. The van der Waals surface area contributed by atoms with Crippen molar-refractivity contribution in [3.63, 3.8) is 0 Å². The standard InChI is InChI=1S/C16H17N3O3S/c1-3-11(15(21)22)23-16-18-12-9-7-5-6-8-10(9)17-13(12)14(20)19(16)4-2/h5-8,11,17H,3-4H2,1-2H3,(H,21,22). The molecule has 2 heterocycles. The molecule has 120 valence electrons. The van der Waals surface area contributed by atoms with Gasteiger partial charge in [-0.25, -0.2) is 4.98 Å². The van der Waals surface area contributed by atoms with Crippen LogP contribution >= 0.6 is 11.8 Å². The van der Waals surface area contributed by atoms with E-state index in [-0.39, 0.29) is 5.56 Å². The molecule has 2 N–H and O–H groups in total. The van der Waals surface area contributed by atoms with E-state index in [1.54, 1.807) is 0 Å². The third-order valence-electron chi connectivity index (χ3n) is 3.79. The number of aromatic amines is 1. The van der Waals surface area contributed by atoms with Gasteiger partial charge >= 0.3 is 5.97 Å². The molecule has 2 aromatic heterocycles. The number of para-hydroxylation sites is 1. The summed E-state index contributed by atoms with van der Waals surface area (Å²) in [6, 6.07) is 7.58. The number of carbonyl (C=O) groups is 1. The largest absolute Gasteiger partial charge is 0.480 e. The molecule has 0 spiro atoms. The number of rotatable bonds is 5. The zero-order valence-electron chi connectivity index (χ0n) is 12.9. The van der Waals surface area contributed by atoms with Gasteiger partial charge in [0.25, 0.3) is 5.56 Å². The van der Waals surface area contributed by atoms with Crippen molar-refractivity contribution in [2.45, 2.75) is 37.2 Å². The molecule has 1 aromatic carbocycles. The first kappa shape index (κ1) is 15.6. The molecule has 3 rings (SSSR count). The zero-order chi connectivity index (χ0) is 16.6. The maximum atomic E-state index is 12.7. The predicted molar refractivity (Wildman–Crippen MR) is 91.1 cm³/mol. The number of fused-ring (bicyclic) bond motifs is 3. The number of hydrogen-bond acceptors (Lipinski definition) is 4. The van der Waals surface area contributed by atoms with Gasteiger partial charge in [-0.05, 0) is 19.4 Å². The second kappa shape index (κ2) is 6.08. The number of aromatic nitrogens is 3. The molecule has 0 amide bonds. The third-order valence-corrected chi connectivity index (χ3v) is 5.13. The first-order chi connectivity index (χ1) is 11.1. The van der Waals surface area contributed by atoms with Crippen LogP contribution < -0.4 is 5.56 Å². The predicted octanol–water partition coefficient (Wildman–Crippen LogP) is 2.85. The Morgan fingerprint density at radius 2 is 2.13 bits per heavy atom. The van der Waals surface area contributed by atoms with E-state index in [4.69, 9.17) is 0 Å². The summed E-state index contributed by atoms with van der Waals surface area (Å²) >= 11 is 1.13. The van der Waals surface area contributed by atoms with Crippen molar-refractivity contribution in [2.24, 2.45) is 0 Å². The SMILES string of the molecule is CCC(Sc1nc2c([nH]c3ccccc32)c(=O)n1CC)C(=O)O. The Morgan fingerprint density at radius 1 is 1.39 bits per heavy atom. The molecule has 0 radical (unpaired) electrons. The van der Waals surface area contributed by atoms with Crippen LogP contribution in [0.25, 0.3) is 21.9 Å². The second-order valence-electron chi connectivity index (χ2n) is 5.19. The van der Waals surface area contributed by atoms with Crippen LogP contribution in [0.2, 0.25) is 0 Å². The van der Waals surface area contributed by atoms with Crippen molar-refractivity contribution in [3.05, 3.63) is 34.6 Å². The van der Waals surface area contributed by atoms with Crippen LogP contribution in [0.3, 0.4) is 0 Å². The van der Waals surface area contributed by atoms with Crippen LogP contribution in [0.5, 0.6) is 0 Å². The highest BCUT2D eigenvalue weighted by atomic mass is 32.2. The lowest BCUT2D eigenvalue weighted by Gasteiger charge is -2.13. The number of benzene rings is 1. The fourth-order valence-corrected chi connectivity index (χ4v) is 3.59. The van der Waals surface area contributed by atoms with E-state index in [1.165, 1.54) is 4.57 Å². The van der Waals surface area contributed by atoms with E-state index in [2.05, 4.69) is 9.97 Å². The Bertz CT molecular complexity index is 945. The summed E-state index contributed by atoms with van der Waals surface area (Å²) in [6.45, 7) is 4.10. The molecule has 23 heavy (non-hydrogen) atoms. The highest BCUT2D eigenvalue weighted by Gasteiger charge is 2.21. The molecule has 7 heteroatoms. The molecular formula is C16H17N3O3S. The van der Waals surface area contributed by atoms with Gasteiger partial charge in [-0.1, -0.05) is 36.9 Å². The summed E-state index contributed by atoms with van der Waals surface area (Å²) in [7, 11) is 0. The van der Waals surface area contributed by atoms with E-state index >= 15 is 0 Å². The smallest absolute Gasteiger partial charge is 0.317 e. The van der Waals surface area contributed by atoms with Crippen LogP contribution in [0.15, 0.2) is 34.2 Å². The number of carboxylic acids is 1. The summed E-state index contributed by atoms with van der Waals surface area (Å²) in [5.74, 6) is -0.895. The first-order valence-electron chi connectivity index (χ1n) is 7.47. The van der Waals surface area contributed by atoms with Gasteiger partial charge in [-0.15, -0.1) is 0 Å². The molecule has 1 atom stereocenters. The molecule has 0 aliphatic heterocycles. The fourth-order valence-electron chi connectivity index (χ4n) is 2.58. The maximum absolute atomic E-state index is 12.7. The molecular weight excluding hydrogens is 314 g/mol. The highest BCUT2D eigenvalue weighted by molar-refractivity contribution is 8.00. The number of nitrogens with zero attached hydrogens (tertiary/aromatic N) is 2. The molecule has 0 bridgehead atoms. The highest BCUT2D eigenvalue weighted by Crippen LogP contribution is 2.27. The lowest BCUT2D eigenvalue weighted by molar-refractivity contribution is -0.136. The van der Waals surface area contributed by atoms with Gasteiger partial charge in [0.05, 0.1) is 0 Å². The molecule has 0 aliphatic carbocycles. The van der Waals surface area contributed by atoms with Crippen LogP contribution in [0.4, 0.5) is 0 Å². The van der Waals surface area contributed by atoms with Gasteiger partial charge in [0, 0.05) is 17.4 Å². The summed E-state index contributed by atoms with van der Waals surface area (Å²) < 4.78 is 1.52. The lowest BCUT2D eigenvalue weighted by Crippen LogP contribution is -2.24. The van der Waals surface area contributed by atoms with Crippen molar-refractivity contribution in [2.75, 3.05) is 0 Å². The number of carboxylic acid groups (broad SMARTS) is 1. The summed E-state index contributed by atoms with van der Waals surface area (Å²) in [5.41, 5.74) is 1.73. The van der Waals surface area contributed by atoms with Crippen LogP contribution in [-0.2, 0) is 11.3 Å². The quantitative estimate of drug-likeness (QED) is 0.554. The number of thioether (sulfide) groups is 1. The Balaban J connectivity index is 2.26. The van der Waals surface area contributed by atoms with Gasteiger partial charge in [-0.3, -0.25) is 14.2 Å². The van der Waals surface area contributed by atoms with Gasteiger partial charge in [0.1, 0.15) is 16.3 Å². The van der Waals surface area contributed by atoms with Crippen molar-refractivity contribution < 1.29 is 9.90 Å². The van der Waals surface area contributed by atoms with E-state index in [1.807, 2.05) is 38.1 Å². The van der Waals surface area contributed by atoms with Crippen LogP contribution in [0, 0.1) is 0 Å². The normalized spacial score (nSPS) is 12.8. The lowest BCUT2D eigenvalue weighted by atomic mass is 10.2. The van der Waals surface area contributed by atoms with E-state index in [0.717, 1.165) is 22.7 Å². The Labute approximate surface area is 136 Å². The van der Waals surface area contributed by atoms with Crippen LogP contribution in [0.1, 0.15) is 20.3 Å². The van der Waals surface area contributed by atoms with Gasteiger partial charge < -0.3 is 10.1 Å². The summed E-state index contributed by atoms with van der Waals surface area (Å²) in [6.07, 6.45) is 0.464. The van der Waals surface area contributed by atoms with Gasteiger partial charge in [-0.2, -0.15) is 0 Å². The first-order valence-corrected chi connectivity index (χ1v) is 8.35. The molecule has 0 saturated carbocycles. The fraction of sp³-hybridized carbons (Fsp3) is 0.312. The van der Waals surface area contributed by atoms with E-state index < -0.39 is 11.2 Å². The van der Waals surface area contributed by atoms with Crippen molar-refractivity contribution in [1.29, 1.82) is 0 Å². The van der Waals surface area contributed by atoms with E-state index in [9.17, 15) is 14.7 Å². The van der Waals surface area contributed by atoms with Gasteiger partial charge in [0.15, 0.2) is 5.16 Å². The minimum Gasteiger partial charge on any atom is -0.480 e. The molecule has 6 nitrogen and oxygen atoms in total. The van der Waals surface area contributed by atoms with Crippen LogP contribution in [-0.4, -0.2) is 30.9 Å². The Morgan fingerprint density at radius 3 is 2.78 bits per heavy atom. The third kappa shape index (κ3) is 2.61. The molecule has 0 saturated heterocycles. The topological polar surface area (TPSA) is 88.0 Å². The number of nitrogens with one attached hydrogen (secondary N) is 1. The van der Waals surface area contributed by atoms with Gasteiger partial charge in [0.2, 0.25) is 0 Å². The zero-order valence-corrected chi connectivity index (χ0v) is 13.7. The number of aliphatic carboxylic acids is 1. The number of H-pyrrole nitrogens is 1. The molecule has 0 aliphatic rings. The van der Waals surface area contributed by atoms with E-state index in [0.29, 0.717) is 29.2 Å². The van der Waals surface area contributed by atoms with Crippen molar-refractivity contribution in [1.82, 2.24) is 14.5 Å². The van der Waals surface area contributed by atoms with Crippen molar-refractivity contribution >= 4 is 39.7 Å². The maximum Gasteiger partial charge on any atom is 0.317 e. The Kier molecular flexibility index (Phi) is 4.12. The average Bonchev–Trinajstić information content (AvgIpc) is 2.91. The molecule has 0 fully saturated rings. The van der Waals surface area contributed by atoms with Crippen molar-refractivity contribution in [3.8, 4) is 0 Å². The minimum atomic E-state index is -0.895. The minimum absolute atomic E-state index is 0.170. The summed E-state index contributed by atoms with van der Waals surface area (Å²) in [4.78, 5) is 31.7. The summed E-state index contributed by atoms with van der Waals surface area (Å²) in [5, 5.41) is 9.96. The molecule has 3 aromatic rings.